The maximum absolute atomic E-state index is 9.39. The first-order chi connectivity index (χ1) is 9.17. The van der Waals surface area contributed by atoms with Crippen molar-refractivity contribution < 1.29 is 5.11 Å². The lowest BCUT2D eigenvalue weighted by Crippen LogP contribution is -2.24. The molecule has 1 unspecified atom stereocenters. The number of aliphatic hydroxyl groups is 1. The van der Waals surface area contributed by atoms with E-state index in [0.29, 0.717) is 5.92 Å². The van der Waals surface area contributed by atoms with E-state index in [4.69, 9.17) is 0 Å². The van der Waals surface area contributed by atoms with Gasteiger partial charge in [-0.2, -0.15) is 0 Å². The molecule has 19 heavy (non-hydrogen) atoms. The second-order valence-electron chi connectivity index (χ2n) is 5.20. The molecule has 3 nitrogen and oxygen atoms in total. The minimum Gasteiger partial charge on any atom is -0.392 e. The predicted octanol–water partition coefficient (Wildman–Crippen LogP) is 3.21. The molecule has 0 saturated heterocycles. The van der Waals surface area contributed by atoms with Gasteiger partial charge in [-0.3, -0.25) is 0 Å². The molecule has 0 aliphatic heterocycles. The van der Waals surface area contributed by atoms with Crippen molar-refractivity contribution in [2.45, 2.75) is 26.9 Å². The molecular weight excluding hydrogens is 236 g/mol. The summed E-state index contributed by atoms with van der Waals surface area (Å²) in [6, 6.07) is 8.14. The fourth-order valence-corrected chi connectivity index (χ4v) is 2.35. The molecule has 3 heteroatoms. The van der Waals surface area contributed by atoms with Crippen LogP contribution in [0, 0.1) is 5.92 Å². The second-order valence-corrected chi connectivity index (χ2v) is 5.20. The average molecular weight is 258 g/mol. The molecule has 102 valence electrons. The van der Waals surface area contributed by atoms with Crippen LogP contribution in [-0.2, 0) is 6.61 Å². The van der Waals surface area contributed by atoms with E-state index in [1.54, 1.807) is 6.20 Å². The molecule has 0 saturated carbocycles. The first kappa shape index (κ1) is 13.8. The molecule has 0 aliphatic carbocycles. The molecule has 0 amide bonds. The topological polar surface area (TPSA) is 36.4 Å². The number of benzene rings is 1. The van der Waals surface area contributed by atoms with Crippen molar-refractivity contribution in [3.05, 3.63) is 36.0 Å². The van der Waals surface area contributed by atoms with Gasteiger partial charge in [0.05, 0.1) is 6.61 Å². The lowest BCUT2D eigenvalue weighted by atomic mass is 10.1. The largest absolute Gasteiger partial charge is 0.392 e. The van der Waals surface area contributed by atoms with E-state index < -0.39 is 0 Å². The van der Waals surface area contributed by atoms with Crippen LogP contribution in [0.1, 0.15) is 25.8 Å². The highest BCUT2D eigenvalue weighted by molar-refractivity contribution is 5.94. The average Bonchev–Trinajstić information content (AvgIpc) is 2.45. The van der Waals surface area contributed by atoms with Crippen LogP contribution < -0.4 is 4.90 Å². The molecule has 0 radical (unpaired) electrons. The zero-order valence-corrected chi connectivity index (χ0v) is 11.9. The van der Waals surface area contributed by atoms with E-state index in [1.165, 1.54) is 0 Å². The maximum atomic E-state index is 9.39. The van der Waals surface area contributed by atoms with Gasteiger partial charge in [0, 0.05) is 30.7 Å². The van der Waals surface area contributed by atoms with Gasteiger partial charge in [0.2, 0.25) is 0 Å². The van der Waals surface area contributed by atoms with Gasteiger partial charge < -0.3 is 10.0 Å². The Morgan fingerprint density at radius 1 is 1.26 bits per heavy atom. The molecule has 1 atom stereocenters. The summed E-state index contributed by atoms with van der Waals surface area (Å²) < 4.78 is 0. The molecular formula is C16H22N2O. The molecule has 0 fully saturated rings. The Bertz CT molecular complexity index is 553. The first-order valence-corrected chi connectivity index (χ1v) is 6.86. The summed E-state index contributed by atoms with van der Waals surface area (Å²) in [5.74, 6) is 1.64. The summed E-state index contributed by atoms with van der Waals surface area (Å²) in [4.78, 5) is 6.74. The van der Waals surface area contributed by atoms with Gasteiger partial charge in [-0.05, 0) is 11.3 Å². The molecule has 2 rings (SSSR count). The van der Waals surface area contributed by atoms with Crippen LogP contribution in [-0.4, -0.2) is 23.7 Å². The number of fused-ring (bicyclic) bond motifs is 1. The Labute approximate surface area is 114 Å². The van der Waals surface area contributed by atoms with Gasteiger partial charge in [-0.25, -0.2) is 4.98 Å². The fourth-order valence-electron chi connectivity index (χ4n) is 2.35. The molecule has 1 aromatic carbocycles. The van der Waals surface area contributed by atoms with Crippen molar-refractivity contribution in [2.24, 2.45) is 5.92 Å². The number of pyridine rings is 1. The molecule has 1 N–H and O–H groups in total. The van der Waals surface area contributed by atoms with Gasteiger partial charge >= 0.3 is 0 Å². The third kappa shape index (κ3) is 2.87. The minimum absolute atomic E-state index is 0.0306. The highest BCUT2D eigenvalue weighted by Crippen LogP contribution is 2.27. The van der Waals surface area contributed by atoms with Crippen LogP contribution in [0.2, 0.25) is 0 Å². The van der Waals surface area contributed by atoms with Gasteiger partial charge in [0.15, 0.2) is 0 Å². The Kier molecular flexibility index (Phi) is 4.38. The molecule has 0 bridgehead atoms. The number of aromatic nitrogens is 1. The number of aliphatic hydroxyl groups excluding tert-OH is 1. The zero-order valence-electron chi connectivity index (χ0n) is 11.9. The smallest absolute Gasteiger partial charge is 0.136 e. The quantitative estimate of drug-likeness (QED) is 0.894. The van der Waals surface area contributed by atoms with Gasteiger partial charge in [0.1, 0.15) is 5.82 Å². The van der Waals surface area contributed by atoms with Crippen molar-refractivity contribution in [1.82, 2.24) is 4.98 Å². The lowest BCUT2D eigenvalue weighted by molar-refractivity contribution is 0.283. The van der Waals surface area contributed by atoms with Crippen molar-refractivity contribution in [3.8, 4) is 0 Å². The van der Waals surface area contributed by atoms with E-state index in [1.807, 2.05) is 18.2 Å². The third-order valence-electron chi connectivity index (χ3n) is 3.67. The second kappa shape index (κ2) is 6.02. The number of anilines is 1. The number of nitrogens with zero attached hydrogens (tertiary/aromatic N) is 2. The minimum atomic E-state index is 0.0306. The molecule has 1 aromatic heterocycles. The van der Waals surface area contributed by atoms with Crippen LogP contribution in [0.4, 0.5) is 5.82 Å². The van der Waals surface area contributed by atoms with Gasteiger partial charge in [-0.15, -0.1) is 0 Å². The van der Waals surface area contributed by atoms with Gasteiger partial charge in [0.25, 0.3) is 0 Å². The van der Waals surface area contributed by atoms with E-state index >= 15 is 0 Å². The zero-order chi connectivity index (χ0) is 13.8. The lowest BCUT2D eigenvalue weighted by Gasteiger charge is -2.23. The third-order valence-corrected chi connectivity index (χ3v) is 3.67. The standard InChI is InChI=1S/C16H22N2O/c1-4-12(2)10-18(3)16-15-8-6-5-7-14(15)13(11-19)9-17-16/h5-9,12,19H,4,10-11H2,1-3H3. The monoisotopic (exact) mass is 258 g/mol. The molecule has 0 spiro atoms. The molecule has 1 heterocycles. The summed E-state index contributed by atoms with van der Waals surface area (Å²) in [5, 5.41) is 11.6. The van der Waals surface area contributed by atoms with Gasteiger partial charge in [-0.1, -0.05) is 44.5 Å². The van der Waals surface area contributed by atoms with E-state index in [0.717, 1.165) is 35.1 Å². The van der Waals surface area contributed by atoms with Crippen LogP contribution in [0.25, 0.3) is 10.8 Å². The number of hydrogen-bond donors (Lipinski definition) is 1. The van der Waals surface area contributed by atoms with E-state index in [2.05, 4.69) is 36.8 Å². The summed E-state index contributed by atoms with van der Waals surface area (Å²) in [7, 11) is 2.08. The Hall–Kier alpha value is -1.61. The van der Waals surface area contributed by atoms with Crippen molar-refractivity contribution >= 4 is 16.6 Å². The van der Waals surface area contributed by atoms with E-state index in [-0.39, 0.29) is 6.61 Å². The predicted molar refractivity (Wildman–Crippen MR) is 80.4 cm³/mol. The molecule has 0 aliphatic rings. The van der Waals surface area contributed by atoms with Crippen molar-refractivity contribution in [1.29, 1.82) is 0 Å². The summed E-state index contributed by atoms with van der Waals surface area (Å²) in [6.07, 6.45) is 2.95. The van der Waals surface area contributed by atoms with Crippen LogP contribution in [0.3, 0.4) is 0 Å². The van der Waals surface area contributed by atoms with Crippen LogP contribution >= 0.6 is 0 Å². The van der Waals surface area contributed by atoms with Crippen LogP contribution in [0.5, 0.6) is 0 Å². The van der Waals surface area contributed by atoms with Crippen molar-refractivity contribution in [2.75, 3.05) is 18.5 Å². The number of rotatable bonds is 5. The highest BCUT2D eigenvalue weighted by atomic mass is 16.3. The summed E-state index contributed by atoms with van der Waals surface area (Å²) in [5.41, 5.74) is 0.885. The SMILES string of the molecule is CCC(C)CN(C)c1ncc(CO)c2ccccc12. The highest BCUT2D eigenvalue weighted by Gasteiger charge is 2.12. The summed E-state index contributed by atoms with van der Waals surface area (Å²) >= 11 is 0. The number of hydrogen-bond acceptors (Lipinski definition) is 3. The Morgan fingerprint density at radius 2 is 1.95 bits per heavy atom. The molecule has 2 aromatic rings. The normalized spacial score (nSPS) is 12.6. The van der Waals surface area contributed by atoms with E-state index in [9.17, 15) is 5.11 Å². The van der Waals surface area contributed by atoms with Crippen LogP contribution in [0.15, 0.2) is 30.5 Å². The Balaban J connectivity index is 2.44. The summed E-state index contributed by atoms with van der Waals surface area (Å²) in [6.45, 7) is 5.48. The Morgan fingerprint density at radius 3 is 2.58 bits per heavy atom. The van der Waals surface area contributed by atoms with Crippen molar-refractivity contribution in [3.63, 3.8) is 0 Å². The maximum Gasteiger partial charge on any atom is 0.136 e. The first-order valence-electron chi connectivity index (χ1n) is 6.86. The fraction of sp³-hybridized carbons (Fsp3) is 0.438.